The van der Waals surface area contributed by atoms with E-state index in [0.717, 1.165) is 36.8 Å². The van der Waals surface area contributed by atoms with E-state index in [1.807, 2.05) is 18.2 Å². The molecule has 0 bridgehead atoms. The zero-order valence-corrected chi connectivity index (χ0v) is 14.0. The molecule has 8 nitrogen and oxygen atoms in total. The van der Waals surface area contributed by atoms with Gasteiger partial charge in [-0.15, -0.1) is 20.4 Å². The Morgan fingerprint density at radius 3 is 2.75 bits per heavy atom. The number of nitrogens with one attached hydrogen (secondary N) is 1. The minimum atomic E-state index is 0.243. The molecule has 2 aromatic heterocycles. The van der Waals surface area contributed by atoms with Gasteiger partial charge in [0.05, 0.1) is 0 Å². The van der Waals surface area contributed by atoms with Crippen molar-refractivity contribution in [2.45, 2.75) is 25.9 Å². The summed E-state index contributed by atoms with van der Waals surface area (Å²) in [5.74, 6) is 1.46. The number of ether oxygens (including phenoxy) is 1. The second kappa shape index (κ2) is 6.52. The van der Waals surface area contributed by atoms with Crippen molar-refractivity contribution >= 4 is 16.5 Å². The summed E-state index contributed by atoms with van der Waals surface area (Å²) in [5, 5.41) is 23.8. The van der Waals surface area contributed by atoms with Gasteiger partial charge in [-0.1, -0.05) is 29.5 Å². The summed E-state index contributed by atoms with van der Waals surface area (Å²) in [7, 11) is 0. The Bertz CT molecular complexity index is 796. The number of aryl methyl sites for hydroxylation is 1. The van der Waals surface area contributed by atoms with Gasteiger partial charge in [-0.05, 0) is 23.8 Å². The molecule has 0 spiro atoms. The molecule has 1 aliphatic rings. The van der Waals surface area contributed by atoms with Crippen LogP contribution in [0.5, 0.6) is 5.75 Å². The monoisotopic (exact) mass is 343 g/mol. The quantitative estimate of drug-likeness (QED) is 0.775. The number of tetrazole rings is 1. The molecule has 1 N–H and O–H groups in total. The molecule has 4 rings (SSSR count). The molecule has 0 atom stereocenters. The largest absolute Gasteiger partial charge is 0.490 e. The molecular weight excluding hydrogens is 326 g/mol. The van der Waals surface area contributed by atoms with Crippen molar-refractivity contribution in [3.8, 4) is 16.6 Å². The van der Waals surface area contributed by atoms with Crippen LogP contribution in [0.3, 0.4) is 0 Å². The van der Waals surface area contributed by atoms with Gasteiger partial charge < -0.3 is 9.64 Å². The van der Waals surface area contributed by atoms with Crippen molar-refractivity contribution in [1.82, 2.24) is 30.8 Å². The molecular formula is C15H17N7OS. The van der Waals surface area contributed by atoms with Crippen LogP contribution >= 0.6 is 11.3 Å². The zero-order valence-electron chi connectivity index (χ0n) is 13.2. The van der Waals surface area contributed by atoms with Crippen LogP contribution in [-0.2, 0) is 0 Å². The Morgan fingerprint density at radius 2 is 2.00 bits per heavy atom. The lowest BCUT2D eigenvalue weighted by atomic mass is 10.1. The molecule has 1 saturated heterocycles. The lowest BCUT2D eigenvalue weighted by Gasteiger charge is -2.31. The lowest BCUT2D eigenvalue weighted by Crippen LogP contribution is -2.38. The summed E-state index contributed by atoms with van der Waals surface area (Å²) in [6, 6.07) is 8.15. The molecule has 1 aliphatic heterocycles. The van der Waals surface area contributed by atoms with Crippen LogP contribution in [0.15, 0.2) is 24.3 Å². The van der Waals surface area contributed by atoms with Gasteiger partial charge in [0.1, 0.15) is 11.9 Å². The van der Waals surface area contributed by atoms with Gasteiger partial charge in [-0.3, -0.25) is 0 Å². The van der Waals surface area contributed by atoms with Gasteiger partial charge in [0.25, 0.3) is 0 Å². The smallest absolute Gasteiger partial charge is 0.235 e. The van der Waals surface area contributed by atoms with E-state index in [2.05, 4.69) is 48.7 Å². The molecule has 1 fully saturated rings. The van der Waals surface area contributed by atoms with Crippen LogP contribution < -0.4 is 9.64 Å². The number of piperidine rings is 1. The van der Waals surface area contributed by atoms with Crippen molar-refractivity contribution < 1.29 is 4.74 Å². The number of nitrogens with zero attached hydrogens (tertiary/aromatic N) is 6. The van der Waals surface area contributed by atoms with E-state index < -0.39 is 0 Å². The number of rotatable bonds is 4. The maximum absolute atomic E-state index is 6.14. The SMILES string of the molecule is Cc1ccccc1OC1CCN(c2nnc(-c3nn[nH]n3)s2)CC1. The normalized spacial score (nSPS) is 15.6. The maximum atomic E-state index is 6.14. The fraction of sp³-hybridized carbons (Fsp3) is 0.400. The average Bonchev–Trinajstić information content (AvgIpc) is 3.29. The van der Waals surface area contributed by atoms with Crippen LogP contribution in [0.25, 0.3) is 10.8 Å². The number of H-pyrrole nitrogens is 1. The second-order valence-electron chi connectivity index (χ2n) is 5.69. The minimum Gasteiger partial charge on any atom is -0.490 e. The molecule has 24 heavy (non-hydrogen) atoms. The Labute approximate surface area is 142 Å². The Balaban J connectivity index is 1.37. The van der Waals surface area contributed by atoms with Gasteiger partial charge in [0.2, 0.25) is 11.0 Å². The molecule has 0 radical (unpaired) electrons. The lowest BCUT2D eigenvalue weighted by molar-refractivity contribution is 0.170. The summed E-state index contributed by atoms with van der Waals surface area (Å²) < 4.78 is 6.14. The highest BCUT2D eigenvalue weighted by molar-refractivity contribution is 7.18. The molecule has 0 unspecified atom stereocenters. The van der Waals surface area contributed by atoms with E-state index in [-0.39, 0.29) is 6.10 Å². The second-order valence-corrected chi connectivity index (χ2v) is 6.65. The van der Waals surface area contributed by atoms with Gasteiger partial charge >= 0.3 is 0 Å². The molecule has 3 aromatic rings. The van der Waals surface area contributed by atoms with Crippen LogP contribution in [0.4, 0.5) is 5.13 Å². The Hall–Kier alpha value is -2.55. The van der Waals surface area contributed by atoms with E-state index in [0.29, 0.717) is 10.8 Å². The first-order valence-electron chi connectivity index (χ1n) is 7.84. The zero-order chi connectivity index (χ0) is 16.4. The Morgan fingerprint density at radius 1 is 1.17 bits per heavy atom. The van der Waals surface area contributed by atoms with E-state index in [1.165, 1.54) is 16.9 Å². The number of hydrogen-bond donors (Lipinski definition) is 1. The fourth-order valence-corrected chi connectivity index (χ4v) is 3.54. The summed E-state index contributed by atoms with van der Waals surface area (Å²) >= 11 is 1.48. The van der Waals surface area contributed by atoms with Crippen molar-refractivity contribution in [2.24, 2.45) is 0 Å². The van der Waals surface area contributed by atoms with Crippen LogP contribution in [0.1, 0.15) is 18.4 Å². The van der Waals surface area contributed by atoms with Gasteiger partial charge in [0.15, 0.2) is 5.01 Å². The van der Waals surface area contributed by atoms with Crippen molar-refractivity contribution in [3.63, 3.8) is 0 Å². The highest BCUT2D eigenvalue weighted by Crippen LogP contribution is 2.29. The number of aromatic amines is 1. The molecule has 0 aliphatic carbocycles. The van der Waals surface area contributed by atoms with Crippen LogP contribution in [0, 0.1) is 6.92 Å². The van der Waals surface area contributed by atoms with Gasteiger partial charge in [-0.25, -0.2) is 0 Å². The standard InChI is InChI=1S/C15H17N7OS/c1-10-4-2-3-5-12(10)23-11-6-8-22(9-7-11)15-19-18-14(24-15)13-16-20-21-17-13/h2-5,11H,6-9H2,1H3,(H,16,17,20,21). The number of benzene rings is 1. The molecule has 1 aromatic carbocycles. The highest BCUT2D eigenvalue weighted by atomic mass is 32.1. The summed E-state index contributed by atoms with van der Waals surface area (Å²) in [5.41, 5.74) is 1.17. The molecule has 9 heteroatoms. The molecule has 3 heterocycles. The van der Waals surface area contributed by atoms with Gasteiger partial charge in [0, 0.05) is 25.9 Å². The summed E-state index contributed by atoms with van der Waals surface area (Å²) in [6.45, 7) is 3.88. The van der Waals surface area contributed by atoms with E-state index in [9.17, 15) is 0 Å². The summed E-state index contributed by atoms with van der Waals surface area (Å²) in [4.78, 5) is 2.24. The predicted molar refractivity (Wildman–Crippen MR) is 90.1 cm³/mol. The first-order valence-corrected chi connectivity index (χ1v) is 8.66. The first-order chi connectivity index (χ1) is 11.8. The molecule has 0 saturated carbocycles. The van der Waals surface area contributed by atoms with Crippen LogP contribution in [0.2, 0.25) is 0 Å². The van der Waals surface area contributed by atoms with Crippen LogP contribution in [-0.4, -0.2) is 50.0 Å². The van der Waals surface area contributed by atoms with Gasteiger partial charge in [-0.2, -0.15) is 5.21 Å². The third kappa shape index (κ3) is 3.07. The average molecular weight is 343 g/mol. The van der Waals surface area contributed by atoms with Crippen molar-refractivity contribution in [3.05, 3.63) is 29.8 Å². The third-order valence-corrected chi connectivity index (χ3v) is 5.03. The van der Waals surface area contributed by atoms with Crippen molar-refractivity contribution in [1.29, 1.82) is 0 Å². The number of hydrogen-bond acceptors (Lipinski definition) is 8. The first kappa shape index (κ1) is 15.0. The van der Waals surface area contributed by atoms with E-state index in [1.54, 1.807) is 0 Å². The predicted octanol–water partition coefficient (Wildman–Crippen LogP) is 2.07. The number of anilines is 1. The van der Waals surface area contributed by atoms with E-state index >= 15 is 0 Å². The number of para-hydroxylation sites is 1. The van der Waals surface area contributed by atoms with E-state index in [4.69, 9.17) is 4.74 Å². The number of aromatic nitrogens is 6. The minimum absolute atomic E-state index is 0.243. The third-order valence-electron chi connectivity index (χ3n) is 4.05. The molecule has 0 amide bonds. The fourth-order valence-electron chi connectivity index (χ4n) is 2.72. The Kier molecular flexibility index (Phi) is 4.08. The maximum Gasteiger partial charge on any atom is 0.235 e. The van der Waals surface area contributed by atoms with Crippen molar-refractivity contribution in [2.75, 3.05) is 18.0 Å². The highest BCUT2D eigenvalue weighted by Gasteiger charge is 2.24. The summed E-state index contributed by atoms with van der Waals surface area (Å²) in [6.07, 6.45) is 2.17. The molecule has 124 valence electrons. The topological polar surface area (TPSA) is 92.7 Å².